The van der Waals surface area contributed by atoms with Crippen molar-refractivity contribution in [3.8, 4) is 0 Å². The van der Waals surface area contributed by atoms with Gasteiger partial charge in [-0.05, 0) is 45.7 Å². The summed E-state index contributed by atoms with van der Waals surface area (Å²) < 4.78 is 27.1. The molecule has 1 saturated heterocycles. The Hall–Kier alpha value is -2.26. The van der Waals surface area contributed by atoms with Gasteiger partial charge in [0.2, 0.25) is 21.8 Å². The molecule has 1 aromatic carbocycles. The minimum Gasteiger partial charge on any atom is -0.352 e. The van der Waals surface area contributed by atoms with Gasteiger partial charge in [-0.15, -0.1) is 0 Å². The van der Waals surface area contributed by atoms with E-state index in [4.69, 9.17) is 0 Å². The minimum absolute atomic E-state index is 0.000881. The number of benzene rings is 1. The molecular formula is C20H29N3O5S. The zero-order valence-corrected chi connectivity index (χ0v) is 18.2. The van der Waals surface area contributed by atoms with Crippen molar-refractivity contribution in [1.29, 1.82) is 0 Å². The standard InChI is InChI=1S/C20H29N3O5S/c1-14(2)21-19(25)13-22(4)20(26)16-8-10-23(11-9-16)29(27,28)18-7-5-6-17(12-18)15(3)24/h5-7,12,14,16H,8-11,13H2,1-4H3,(H,21,25). The van der Waals surface area contributed by atoms with Crippen molar-refractivity contribution in [2.24, 2.45) is 5.92 Å². The van der Waals surface area contributed by atoms with Gasteiger partial charge in [0.05, 0.1) is 11.4 Å². The Kier molecular flexibility index (Phi) is 7.54. The van der Waals surface area contributed by atoms with E-state index in [-0.39, 0.29) is 54.1 Å². The summed E-state index contributed by atoms with van der Waals surface area (Å²) in [5, 5.41) is 2.74. The number of nitrogens with zero attached hydrogens (tertiary/aromatic N) is 2. The van der Waals surface area contributed by atoms with Crippen molar-refractivity contribution in [1.82, 2.24) is 14.5 Å². The Bertz CT molecular complexity index is 874. The summed E-state index contributed by atoms with van der Waals surface area (Å²) in [6.45, 7) is 5.50. The van der Waals surface area contributed by atoms with E-state index in [9.17, 15) is 22.8 Å². The first-order valence-corrected chi connectivity index (χ1v) is 11.1. The molecule has 29 heavy (non-hydrogen) atoms. The van der Waals surface area contributed by atoms with Crippen LogP contribution in [0.25, 0.3) is 0 Å². The first-order valence-electron chi connectivity index (χ1n) is 9.68. The van der Waals surface area contributed by atoms with Gasteiger partial charge in [0.1, 0.15) is 0 Å². The molecule has 1 fully saturated rings. The van der Waals surface area contributed by atoms with Crippen LogP contribution in [-0.2, 0) is 19.6 Å². The molecule has 0 aliphatic carbocycles. The monoisotopic (exact) mass is 423 g/mol. The fourth-order valence-electron chi connectivity index (χ4n) is 3.34. The number of sulfonamides is 1. The van der Waals surface area contributed by atoms with Crippen LogP contribution in [0.2, 0.25) is 0 Å². The van der Waals surface area contributed by atoms with Gasteiger partial charge in [-0.2, -0.15) is 4.31 Å². The molecule has 8 nitrogen and oxygen atoms in total. The number of ketones is 1. The second-order valence-electron chi connectivity index (χ2n) is 7.68. The van der Waals surface area contributed by atoms with Gasteiger partial charge in [0.25, 0.3) is 0 Å². The second-order valence-corrected chi connectivity index (χ2v) is 9.62. The van der Waals surface area contributed by atoms with Gasteiger partial charge >= 0.3 is 0 Å². The van der Waals surface area contributed by atoms with Crippen LogP contribution in [0.5, 0.6) is 0 Å². The number of nitrogens with one attached hydrogen (secondary N) is 1. The number of likely N-dealkylation sites (N-methyl/N-ethyl adjacent to an activating group) is 1. The average Bonchev–Trinajstić information content (AvgIpc) is 2.66. The van der Waals surface area contributed by atoms with Crippen molar-refractivity contribution in [2.75, 3.05) is 26.7 Å². The molecule has 1 N–H and O–H groups in total. The predicted octanol–water partition coefficient (Wildman–Crippen LogP) is 1.27. The number of hydrogen-bond acceptors (Lipinski definition) is 5. The third-order valence-corrected chi connectivity index (χ3v) is 6.78. The van der Waals surface area contributed by atoms with Crippen LogP contribution in [0.4, 0.5) is 0 Å². The van der Waals surface area contributed by atoms with Crippen molar-refractivity contribution in [2.45, 2.75) is 44.6 Å². The van der Waals surface area contributed by atoms with E-state index < -0.39 is 10.0 Å². The molecule has 1 aliphatic heterocycles. The SMILES string of the molecule is CC(=O)c1cccc(S(=O)(=O)N2CCC(C(=O)N(C)CC(=O)NC(C)C)CC2)c1. The lowest BCUT2D eigenvalue weighted by atomic mass is 9.96. The molecule has 0 bridgehead atoms. The highest BCUT2D eigenvalue weighted by Gasteiger charge is 2.33. The number of Topliss-reactive ketones (excluding diaryl/α,β-unsaturated/α-hetero) is 1. The molecule has 0 radical (unpaired) electrons. The van der Waals surface area contributed by atoms with Crippen LogP contribution in [0, 0.1) is 5.92 Å². The zero-order chi connectivity index (χ0) is 21.8. The summed E-state index contributed by atoms with van der Waals surface area (Å²) in [4.78, 5) is 37.5. The van der Waals surface area contributed by atoms with E-state index in [1.54, 1.807) is 19.2 Å². The van der Waals surface area contributed by atoms with Crippen molar-refractivity contribution in [3.63, 3.8) is 0 Å². The molecule has 1 aliphatic rings. The van der Waals surface area contributed by atoms with Gasteiger partial charge in [-0.1, -0.05) is 12.1 Å². The summed E-state index contributed by atoms with van der Waals surface area (Å²) in [7, 11) is -2.15. The van der Waals surface area contributed by atoms with Crippen LogP contribution in [0.1, 0.15) is 44.0 Å². The third kappa shape index (κ3) is 5.86. The van der Waals surface area contributed by atoms with E-state index in [0.717, 1.165) is 0 Å². The summed E-state index contributed by atoms with van der Waals surface area (Å²) >= 11 is 0. The van der Waals surface area contributed by atoms with Gasteiger partial charge < -0.3 is 10.2 Å². The minimum atomic E-state index is -3.73. The number of amides is 2. The van der Waals surface area contributed by atoms with Crippen LogP contribution in [0.3, 0.4) is 0 Å². The lowest BCUT2D eigenvalue weighted by Crippen LogP contribution is -2.46. The molecular weight excluding hydrogens is 394 g/mol. The van der Waals surface area contributed by atoms with Gasteiger partial charge in [0.15, 0.2) is 5.78 Å². The van der Waals surface area contributed by atoms with Gasteiger partial charge in [-0.3, -0.25) is 14.4 Å². The highest BCUT2D eigenvalue weighted by Crippen LogP contribution is 2.25. The van der Waals surface area contributed by atoms with Crippen molar-refractivity contribution >= 4 is 27.6 Å². The van der Waals surface area contributed by atoms with Crippen LogP contribution in [0.15, 0.2) is 29.2 Å². The molecule has 160 valence electrons. The summed E-state index contributed by atoms with van der Waals surface area (Å²) in [6, 6.07) is 5.99. The molecule has 2 rings (SSSR count). The Labute approximate surface area is 172 Å². The number of hydrogen-bond donors (Lipinski definition) is 1. The Balaban J connectivity index is 1.99. The molecule has 9 heteroatoms. The van der Waals surface area contributed by atoms with E-state index in [2.05, 4.69) is 5.32 Å². The molecule has 1 aromatic rings. The topological polar surface area (TPSA) is 104 Å². The molecule has 1 heterocycles. The predicted molar refractivity (Wildman–Crippen MR) is 109 cm³/mol. The lowest BCUT2D eigenvalue weighted by molar-refractivity contribution is -0.139. The quantitative estimate of drug-likeness (QED) is 0.665. The maximum absolute atomic E-state index is 12.9. The Morgan fingerprint density at radius 1 is 1.21 bits per heavy atom. The number of piperidine rings is 1. The van der Waals surface area contributed by atoms with E-state index in [1.165, 1.54) is 28.3 Å². The summed E-state index contributed by atoms with van der Waals surface area (Å²) in [5.41, 5.74) is 0.345. The van der Waals surface area contributed by atoms with E-state index in [0.29, 0.717) is 18.4 Å². The first kappa shape index (κ1) is 23.0. The molecule has 0 aromatic heterocycles. The van der Waals surface area contributed by atoms with E-state index >= 15 is 0 Å². The zero-order valence-electron chi connectivity index (χ0n) is 17.3. The smallest absolute Gasteiger partial charge is 0.243 e. The van der Waals surface area contributed by atoms with Gasteiger partial charge in [0, 0.05) is 37.7 Å². The number of rotatable bonds is 7. The molecule has 0 unspecified atom stereocenters. The molecule has 0 spiro atoms. The maximum atomic E-state index is 12.9. The molecule has 2 amide bonds. The first-order chi connectivity index (χ1) is 13.5. The number of carbonyl (C=O) groups is 3. The lowest BCUT2D eigenvalue weighted by Gasteiger charge is -2.32. The Morgan fingerprint density at radius 3 is 2.38 bits per heavy atom. The van der Waals surface area contributed by atoms with Crippen LogP contribution >= 0.6 is 0 Å². The number of carbonyl (C=O) groups excluding carboxylic acids is 3. The highest BCUT2D eigenvalue weighted by atomic mass is 32.2. The summed E-state index contributed by atoms with van der Waals surface area (Å²) in [5.74, 6) is -0.890. The largest absolute Gasteiger partial charge is 0.352 e. The van der Waals surface area contributed by atoms with Crippen molar-refractivity contribution in [3.05, 3.63) is 29.8 Å². The molecule has 0 saturated carbocycles. The fraction of sp³-hybridized carbons (Fsp3) is 0.550. The average molecular weight is 424 g/mol. The molecule has 0 atom stereocenters. The van der Waals surface area contributed by atoms with Crippen molar-refractivity contribution < 1.29 is 22.8 Å². The van der Waals surface area contributed by atoms with E-state index in [1.807, 2.05) is 13.8 Å². The van der Waals surface area contributed by atoms with Crippen LogP contribution < -0.4 is 5.32 Å². The third-order valence-electron chi connectivity index (χ3n) is 4.89. The maximum Gasteiger partial charge on any atom is 0.243 e. The Morgan fingerprint density at radius 2 is 1.83 bits per heavy atom. The normalized spacial score (nSPS) is 15.9. The van der Waals surface area contributed by atoms with Gasteiger partial charge in [-0.25, -0.2) is 8.42 Å². The fourth-order valence-corrected chi connectivity index (χ4v) is 4.86. The highest BCUT2D eigenvalue weighted by molar-refractivity contribution is 7.89. The van der Waals surface area contributed by atoms with Crippen LogP contribution in [-0.4, -0.2) is 67.9 Å². The second kappa shape index (κ2) is 9.49. The summed E-state index contributed by atoms with van der Waals surface area (Å²) in [6.07, 6.45) is 0.779.